The molecule has 1 aromatic heterocycles. The molecule has 1 aromatic rings. The molecule has 1 N–H and O–H groups in total. The number of anilines is 1. The number of aliphatic hydroxyl groups is 1. The van der Waals surface area contributed by atoms with Crippen LogP contribution < -0.4 is 4.90 Å². The lowest BCUT2D eigenvalue weighted by atomic mass is 9.92. The number of hydrogen-bond acceptors (Lipinski definition) is 3. The van der Waals surface area contributed by atoms with Crippen LogP contribution in [-0.2, 0) is 6.61 Å². The van der Waals surface area contributed by atoms with Crippen molar-refractivity contribution in [3.05, 3.63) is 23.4 Å². The molecule has 0 atom stereocenters. The van der Waals surface area contributed by atoms with E-state index in [4.69, 9.17) is 5.11 Å². The van der Waals surface area contributed by atoms with Crippen LogP contribution in [0.4, 0.5) is 5.82 Å². The summed E-state index contributed by atoms with van der Waals surface area (Å²) in [7, 11) is 0. The lowest BCUT2D eigenvalue weighted by molar-refractivity contribution is 0.280. The van der Waals surface area contributed by atoms with Crippen molar-refractivity contribution in [2.24, 2.45) is 5.92 Å². The van der Waals surface area contributed by atoms with Crippen molar-refractivity contribution < 1.29 is 5.11 Å². The van der Waals surface area contributed by atoms with E-state index in [1.807, 2.05) is 19.1 Å². The molecule has 1 aliphatic heterocycles. The summed E-state index contributed by atoms with van der Waals surface area (Å²) < 4.78 is 0. The van der Waals surface area contributed by atoms with E-state index < -0.39 is 0 Å². The molecule has 1 saturated heterocycles. The lowest BCUT2D eigenvalue weighted by Gasteiger charge is -2.33. The molecule has 2 heterocycles. The Labute approximate surface area is 110 Å². The molecule has 2 rings (SSSR count). The van der Waals surface area contributed by atoms with E-state index in [0.29, 0.717) is 0 Å². The van der Waals surface area contributed by atoms with E-state index in [0.717, 1.165) is 36.1 Å². The number of aromatic nitrogens is 1. The monoisotopic (exact) mass is 248 g/mol. The van der Waals surface area contributed by atoms with Crippen molar-refractivity contribution in [1.29, 1.82) is 0 Å². The summed E-state index contributed by atoms with van der Waals surface area (Å²) in [4.78, 5) is 6.98. The Morgan fingerprint density at radius 1 is 1.33 bits per heavy atom. The molecule has 0 radical (unpaired) electrons. The average Bonchev–Trinajstić information content (AvgIpc) is 2.40. The first-order chi connectivity index (χ1) is 8.74. The van der Waals surface area contributed by atoms with Gasteiger partial charge in [0.2, 0.25) is 0 Å². The predicted octanol–water partition coefficient (Wildman–Crippen LogP) is 2.90. The van der Waals surface area contributed by atoms with Gasteiger partial charge in [-0.2, -0.15) is 0 Å². The number of rotatable bonds is 4. The molecular weight excluding hydrogens is 224 g/mol. The molecule has 0 aromatic carbocycles. The second-order valence-corrected chi connectivity index (χ2v) is 5.29. The lowest BCUT2D eigenvalue weighted by Crippen LogP contribution is -2.34. The molecule has 0 unspecified atom stereocenters. The second kappa shape index (κ2) is 6.19. The summed E-state index contributed by atoms with van der Waals surface area (Å²) in [6.07, 6.45) is 5.24. The molecule has 3 nitrogen and oxygen atoms in total. The number of nitrogens with zero attached hydrogens (tertiary/aromatic N) is 2. The van der Waals surface area contributed by atoms with E-state index in [9.17, 15) is 0 Å². The largest absolute Gasteiger partial charge is 0.392 e. The third-order valence-electron chi connectivity index (χ3n) is 3.99. The van der Waals surface area contributed by atoms with Crippen molar-refractivity contribution in [2.45, 2.75) is 46.1 Å². The zero-order valence-corrected chi connectivity index (χ0v) is 11.5. The standard InChI is InChI=1S/C15H24N2O/c1-3-4-13-7-9-17(10-8-13)15-6-5-14(11-18)12(2)16-15/h5-6,13,18H,3-4,7-11H2,1-2H3. The highest BCUT2D eigenvalue weighted by Gasteiger charge is 2.19. The Hall–Kier alpha value is -1.09. The van der Waals surface area contributed by atoms with Crippen LogP contribution >= 0.6 is 0 Å². The molecular formula is C15H24N2O. The molecule has 0 amide bonds. The maximum Gasteiger partial charge on any atom is 0.128 e. The van der Waals surface area contributed by atoms with Gasteiger partial charge in [-0.1, -0.05) is 25.8 Å². The maximum absolute atomic E-state index is 9.16. The smallest absolute Gasteiger partial charge is 0.128 e. The Balaban J connectivity index is 1.99. The zero-order chi connectivity index (χ0) is 13.0. The summed E-state index contributed by atoms with van der Waals surface area (Å²) >= 11 is 0. The fourth-order valence-electron chi connectivity index (χ4n) is 2.78. The van der Waals surface area contributed by atoms with Gasteiger partial charge in [0.1, 0.15) is 5.82 Å². The summed E-state index contributed by atoms with van der Waals surface area (Å²) in [5.41, 5.74) is 1.88. The molecule has 3 heteroatoms. The number of aliphatic hydroxyl groups excluding tert-OH is 1. The van der Waals surface area contributed by atoms with Crippen molar-refractivity contribution >= 4 is 5.82 Å². The Bertz CT molecular complexity index is 384. The van der Waals surface area contributed by atoms with Gasteiger partial charge in [0.05, 0.1) is 6.61 Å². The van der Waals surface area contributed by atoms with Crippen LogP contribution in [0.15, 0.2) is 12.1 Å². The maximum atomic E-state index is 9.16. The quantitative estimate of drug-likeness (QED) is 0.890. The van der Waals surface area contributed by atoms with Gasteiger partial charge in [0, 0.05) is 18.8 Å². The highest BCUT2D eigenvalue weighted by Crippen LogP contribution is 2.25. The topological polar surface area (TPSA) is 36.4 Å². The van der Waals surface area contributed by atoms with Crippen molar-refractivity contribution in [3.63, 3.8) is 0 Å². The van der Waals surface area contributed by atoms with Crippen LogP contribution in [-0.4, -0.2) is 23.2 Å². The fourth-order valence-corrected chi connectivity index (χ4v) is 2.78. The van der Waals surface area contributed by atoms with E-state index in [-0.39, 0.29) is 6.61 Å². The van der Waals surface area contributed by atoms with Crippen LogP contribution in [0.2, 0.25) is 0 Å². The first-order valence-corrected chi connectivity index (χ1v) is 7.07. The van der Waals surface area contributed by atoms with E-state index >= 15 is 0 Å². The van der Waals surface area contributed by atoms with Crippen LogP contribution in [0, 0.1) is 12.8 Å². The average molecular weight is 248 g/mol. The SMILES string of the molecule is CCCC1CCN(c2ccc(CO)c(C)n2)CC1. The number of hydrogen-bond donors (Lipinski definition) is 1. The van der Waals surface area contributed by atoms with Gasteiger partial charge in [-0.15, -0.1) is 0 Å². The third-order valence-corrected chi connectivity index (χ3v) is 3.99. The minimum atomic E-state index is 0.0810. The van der Waals surface area contributed by atoms with E-state index in [1.165, 1.54) is 25.7 Å². The van der Waals surface area contributed by atoms with Gasteiger partial charge in [0.25, 0.3) is 0 Å². The van der Waals surface area contributed by atoms with Gasteiger partial charge in [-0.05, 0) is 37.3 Å². The van der Waals surface area contributed by atoms with Gasteiger partial charge in [-0.25, -0.2) is 4.98 Å². The summed E-state index contributed by atoms with van der Waals surface area (Å²) in [5.74, 6) is 1.98. The summed E-state index contributed by atoms with van der Waals surface area (Å²) in [6, 6.07) is 4.04. The Kier molecular flexibility index (Phi) is 4.59. The number of pyridine rings is 1. The van der Waals surface area contributed by atoms with Crippen LogP contribution in [0.1, 0.15) is 43.9 Å². The molecule has 1 aliphatic rings. The van der Waals surface area contributed by atoms with Crippen molar-refractivity contribution in [3.8, 4) is 0 Å². The predicted molar refractivity (Wildman–Crippen MR) is 74.7 cm³/mol. The van der Waals surface area contributed by atoms with Crippen molar-refractivity contribution in [2.75, 3.05) is 18.0 Å². The van der Waals surface area contributed by atoms with Crippen molar-refractivity contribution in [1.82, 2.24) is 4.98 Å². The molecule has 0 spiro atoms. The summed E-state index contributed by atoms with van der Waals surface area (Å²) in [5, 5.41) is 9.16. The second-order valence-electron chi connectivity index (χ2n) is 5.29. The molecule has 18 heavy (non-hydrogen) atoms. The van der Waals surface area contributed by atoms with Gasteiger partial charge in [0.15, 0.2) is 0 Å². The Morgan fingerprint density at radius 3 is 2.61 bits per heavy atom. The minimum absolute atomic E-state index is 0.0810. The Morgan fingerprint density at radius 2 is 2.06 bits per heavy atom. The highest BCUT2D eigenvalue weighted by molar-refractivity contribution is 5.41. The zero-order valence-electron chi connectivity index (χ0n) is 11.5. The molecule has 1 fully saturated rings. The molecule has 100 valence electrons. The van der Waals surface area contributed by atoms with E-state index in [1.54, 1.807) is 0 Å². The van der Waals surface area contributed by atoms with Crippen LogP contribution in [0.25, 0.3) is 0 Å². The fraction of sp³-hybridized carbons (Fsp3) is 0.667. The number of aryl methyl sites for hydroxylation is 1. The molecule has 0 bridgehead atoms. The van der Waals surface area contributed by atoms with Gasteiger partial charge in [-0.3, -0.25) is 0 Å². The van der Waals surface area contributed by atoms with Gasteiger partial charge < -0.3 is 10.0 Å². The summed E-state index contributed by atoms with van der Waals surface area (Å²) in [6.45, 7) is 6.56. The third kappa shape index (κ3) is 3.02. The first-order valence-electron chi connectivity index (χ1n) is 7.07. The molecule has 0 saturated carbocycles. The number of piperidine rings is 1. The first kappa shape index (κ1) is 13.3. The van der Waals surface area contributed by atoms with E-state index in [2.05, 4.69) is 16.8 Å². The van der Waals surface area contributed by atoms with Crippen LogP contribution in [0.3, 0.4) is 0 Å². The highest BCUT2D eigenvalue weighted by atomic mass is 16.3. The van der Waals surface area contributed by atoms with Gasteiger partial charge >= 0.3 is 0 Å². The minimum Gasteiger partial charge on any atom is -0.392 e. The normalized spacial score (nSPS) is 17.2. The molecule has 0 aliphatic carbocycles. The van der Waals surface area contributed by atoms with Crippen LogP contribution in [0.5, 0.6) is 0 Å².